The van der Waals surface area contributed by atoms with Crippen LogP contribution in [0.4, 0.5) is 11.4 Å². The molecule has 0 saturated carbocycles. The standard InChI is InChI=1S/C23H27N3O3S2/c1-4-17-6-8-18(9-7-17)24-22(27)12-26(19-10-5-15(2)16(3)11-19)23-25-20-13-31(28,29)14-21(20)30-23/h5-11,20-21H,4,12-14H2,1-3H3,(H,24,27). The molecule has 1 fully saturated rings. The van der Waals surface area contributed by atoms with Crippen molar-refractivity contribution in [3.8, 4) is 0 Å². The van der Waals surface area contributed by atoms with Gasteiger partial charge in [-0.05, 0) is 61.2 Å². The van der Waals surface area contributed by atoms with Gasteiger partial charge in [0.1, 0.15) is 6.54 Å². The third kappa shape index (κ3) is 4.96. The third-order valence-corrected chi connectivity index (χ3v) is 9.03. The number of amidine groups is 1. The van der Waals surface area contributed by atoms with Crippen LogP contribution in [0.5, 0.6) is 0 Å². The summed E-state index contributed by atoms with van der Waals surface area (Å²) in [6.45, 7) is 6.29. The number of hydrogen-bond acceptors (Lipinski definition) is 6. The lowest BCUT2D eigenvalue weighted by Gasteiger charge is -2.25. The molecule has 0 radical (unpaired) electrons. The second-order valence-corrected chi connectivity index (χ2v) is 11.5. The van der Waals surface area contributed by atoms with Crippen molar-refractivity contribution in [1.29, 1.82) is 0 Å². The van der Waals surface area contributed by atoms with Crippen LogP contribution in [-0.2, 0) is 21.1 Å². The molecule has 2 aliphatic rings. The van der Waals surface area contributed by atoms with Crippen LogP contribution < -0.4 is 10.2 Å². The van der Waals surface area contributed by atoms with E-state index in [0.29, 0.717) is 5.17 Å². The molecule has 2 unspecified atom stereocenters. The van der Waals surface area contributed by atoms with E-state index in [4.69, 9.17) is 4.99 Å². The molecule has 2 aromatic rings. The van der Waals surface area contributed by atoms with Gasteiger partial charge in [0.15, 0.2) is 15.0 Å². The molecule has 6 nitrogen and oxygen atoms in total. The zero-order valence-electron chi connectivity index (χ0n) is 18.0. The zero-order valence-corrected chi connectivity index (χ0v) is 19.6. The Bertz CT molecular complexity index is 1130. The molecule has 2 heterocycles. The Hall–Kier alpha value is -2.32. The minimum atomic E-state index is -3.03. The SMILES string of the molecule is CCc1ccc(NC(=O)CN(C2=NC3CS(=O)(=O)CC3S2)c2ccc(C)c(C)c2)cc1. The molecule has 0 bridgehead atoms. The number of aryl methyl sites for hydroxylation is 3. The summed E-state index contributed by atoms with van der Waals surface area (Å²) >= 11 is 1.47. The summed E-state index contributed by atoms with van der Waals surface area (Å²) in [6.07, 6.45) is 0.948. The highest BCUT2D eigenvalue weighted by Crippen LogP contribution is 2.37. The first-order valence-electron chi connectivity index (χ1n) is 10.4. The normalized spacial score (nSPS) is 21.5. The predicted molar refractivity (Wildman–Crippen MR) is 129 cm³/mol. The Labute approximate surface area is 188 Å². The van der Waals surface area contributed by atoms with Crippen LogP contribution in [-0.4, -0.2) is 48.8 Å². The number of anilines is 2. The number of thioether (sulfide) groups is 1. The Kier molecular flexibility index (Phi) is 6.12. The molecule has 0 aliphatic carbocycles. The molecule has 2 aromatic carbocycles. The summed E-state index contributed by atoms with van der Waals surface area (Å²) in [5.41, 5.74) is 5.16. The fourth-order valence-corrected chi connectivity index (χ4v) is 7.58. The lowest BCUT2D eigenvalue weighted by Crippen LogP contribution is -2.36. The molecular formula is C23H27N3O3S2. The third-order valence-electron chi connectivity index (χ3n) is 5.79. The first-order chi connectivity index (χ1) is 14.7. The first kappa shape index (κ1) is 21.9. The molecule has 0 aromatic heterocycles. The lowest BCUT2D eigenvalue weighted by molar-refractivity contribution is -0.114. The minimum absolute atomic E-state index is 0.0707. The van der Waals surface area contributed by atoms with Gasteiger partial charge in [-0.2, -0.15) is 0 Å². The van der Waals surface area contributed by atoms with Gasteiger partial charge in [0.2, 0.25) is 5.91 Å². The second kappa shape index (κ2) is 8.67. The summed E-state index contributed by atoms with van der Waals surface area (Å²) in [7, 11) is -3.03. The predicted octanol–water partition coefficient (Wildman–Crippen LogP) is 3.58. The number of nitrogens with zero attached hydrogens (tertiary/aromatic N) is 2. The molecule has 2 atom stereocenters. The topological polar surface area (TPSA) is 78.8 Å². The van der Waals surface area contributed by atoms with E-state index >= 15 is 0 Å². The Balaban J connectivity index is 1.57. The molecule has 1 N–H and O–H groups in total. The Morgan fingerprint density at radius 3 is 2.52 bits per heavy atom. The van der Waals surface area contributed by atoms with Crippen molar-refractivity contribution in [1.82, 2.24) is 0 Å². The Morgan fingerprint density at radius 2 is 1.87 bits per heavy atom. The van der Waals surface area contributed by atoms with Gasteiger partial charge in [0, 0.05) is 16.6 Å². The molecule has 2 aliphatic heterocycles. The summed E-state index contributed by atoms with van der Waals surface area (Å²) in [4.78, 5) is 19.5. The van der Waals surface area contributed by atoms with Crippen molar-refractivity contribution in [2.24, 2.45) is 4.99 Å². The number of rotatable bonds is 5. The zero-order chi connectivity index (χ0) is 22.2. The number of carbonyl (C=O) groups is 1. The largest absolute Gasteiger partial charge is 0.325 e. The van der Waals surface area contributed by atoms with Crippen LogP contribution in [0, 0.1) is 13.8 Å². The van der Waals surface area contributed by atoms with E-state index in [1.54, 1.807) is 0 Å². The smallest absolute Gasteiger partial charge is 0.244 e. The minimum Gasteiger partial charge on any atom is -0.325 e. The van der Waals surface area contributed by atoms with Crippen LogP contribution >= 0.6 is 11.8 Å². The van der Waals surface area contributed by atoms with Gasteiger partial charge in [-0.1, -0.05) is 36.9 Å². The van der Waals surface area contributed by atoms with Gasteiger partial charge in [0.05, 0.1) is 17.5 Å². The number of nitrogens with one attached hydrogen (secondary N) is 1. The molecule has 4 rings (SSSR count). The Morgan fingerprint density at radius 1 is 1.13 bits per heavy atom. The number of fused-ring (bicyclic) bond motifs is 1. The number of aliphatic imine (C=N–C) groups is 1. The summed E-state index contributed by atoms with van der Waals surface area (Å²) < 4.78 is 23.9. The van der Waals surface area contributed by atoms with Crippen molar-refractivity contribution in [3.05, 3.63) is 59.2 Å². The summed E-state index contributed by atoms with van der Waals surface area (Å²) in [5, 5.41) is 3.61. The molecule has 164 valence electrons. The number of hydrogen-bond donors (Lipinski definition) is 1. The lowest BCUT2D eigenvalue weighted by atomic mass is 10.1. The monoisotopic (exact) mass is 457 g/mol. The average Bonchev–Trinajstić information content (AvgIpc) is 3.22. The number of sulfone groups is 1. The quantitative estimate of drug-likeness (QED) is 0.743. The van der Waals surface area contributed by atoms with Crippen LogP contribution in [0.3, 0.4) is 0 Å². The van der Waals surface area contributed by atoms with Crippen molar-refractivity contribution in [2.45, 2.75) is 38.5 Å². The van der Waals surface area contributed by atoms with Crippen molar-refractivity contribution >= 4 is 44.0 Å². The van der Waals surface area contributed by atoms with Crippen LogP contribution in [0.25, 0.3) is 0 Å². The number of carbonyl (C=O) groups excluding carboxylic acids is 1. The highest BCUT2D eigenvalue weighted by Gasteiger charge is 2.44. The van der Waals surface area contributed by atoms with Crippen LogP contribution in [0.2, 0.25) is 0 Å². The average molecular weight is 458 g/mol. The number of amides is 1. The van der Waals surface area contributed by atoms with E-state index in [1.165, 1.54) is 22.9 Å². The van der Waals surface area contributed by atoms with Gasteiger partial charge in [0.25, 0.3) is 0 Å². The van der Waals surface area contributed by atoms with Crippen LogP contribution in [0.1, 0.15) is 23.6 Å². The maximum absolute atomic E-state index is 12.9. The van der Waals surface area contributed by atoms with Crippen molar-refractivity contribution in [2.75, 3.05) is 28.3 Å². The van der Waals surface area contributed by atoms with Gasteiger partial charge >= 0.3 is 0 Å². The van der Waals surface area contributed by atoms with E-state index in [9.17, 15) is 13.2 Å². The number of benzene rings is 2. The maximum Gasteiger partial charge on any atom is 0.244 e. The summed E-state index contributed by atoms with van der Waals surface area (Å²) in [5.74, 6) is 0.0900. The molecule has 31 heavy (non-hydrogen) atoms. The van der Waals surface area contributed by atoms with E-state index < -0.39 is 9.84 Å². The van der Waals surface area contributed by atoms with E-state index in [1.807, 2.05) is 61.2 Å². The van der Waals surface area contributed by atoms with E-state index in [2.05, 4.69) is 12.2 Å². The van der Waals surface area contributed by atoms with E-state index in [0.717, 1.165) is 23.4 Å². The first-order valence-corrected chi connectivity index (χ1v) is 13.1. The molecule has 1 saturated heterocycles. The summed E-state index contributed by atoms with van der Waals surface area (Å²) in [6, 6.07) is 13.7. The molecule has 1 amide bonds. The van der Waals surface area contributed by atoms with Crippen molar-refractivity contribution < 1.29 is 13.2 Å². The molecule has 8 heteroatoms. The van der Waals surface area contributed by atoms with Gasteiger partial charge in [-0.3, -0.25) is 9.79 Å². The van der Waals surface area contributed by atoms with Gasteiger partial charge < -0.3 is 10.2 Å². The highest BCUT2D eigenvalue weighted by molar-refractivity contribution is 8.15. The fourth-order valence-electron chi connectivity index (χ4n) is 3.80. The molecular weight excluding hydrogens is 430 g/mol. The van der Waals surface area contributed by atoms with Gasteiger partial charge in [-0.25, -0.2) is 8.42 Å². The van der Waals surface area contributed by atoms with Crippen LogP contribution in [0.15, 0.2) is 47.5 Å². The van der Waals surface area contributed by atoms with Gasteiger partial charge in [-0.15, -0.1) is 0 Å². The van der Waals surface area contributed by atoms with E-state index in [-0.39, 0.29) is 35.2 Å². The maximum atomic E-state index is 12.9. The second-order valence-electron chi connectivity index (χ2n) is 8.17. The highest BCUT2D eigenvalue weighted by atomic mass is 32.2. The van der Waals surface area contributed by atoms with Crippen molar-refractivity contribution in [3.63, 3.8) is 0 Å². The molecule has 0 spiro atoms. The fraction of sp³-hybridized carbons (Fsp3) is 0.391.